The molecule has 1 saturated heterocycles. The highest BCUT2D eigenvalue weighted by Crippen LogP contribution is 2.34. The van der Waals surface area contributed by atoms with Crippen molar-refractivity contribution in [3.05, 3.63) is 29.8 Å². The van der Waals surface area contributed by atoms with E-state index in [2.05, 4.69) is 0 Å². The number of piperidine rings is 1. The Hall–Kier alpha value is -1.71. The third-order valence-corrected chi connectivity index (χ3v) is 3.49. The fraction of sp³-hybridized carbons (Fsp3) is 0.562. The van der Waals surface area contributed by atoms with Gasteiger partial charge in [-0.25, -0.2) is 4.79 Å². The maximum atomic E-state index is 12.4. The third kappa shape index (κ3) is 3.44. The van der Waals surface area contributed by atoms with Crippen molar-refractivity contribution in [1.29, 1.82) is 0 Å². The molecule has 0 spiro atoms. The largest absolute Gasteiger partial charge is 0.444 e. The van der Waals surface area contributed by atoms with Crippen molar-refractivity contribution >= 4 is 11.8 Å². The van der Waals surface area contributed by atoms with Gasteiger partial charge >= 0.3 is 6.09 Å². The Balaban J connectivity index is 2.22. The standard InChI is InChI=1S/C16H24N2O2/c1-16(2,3)20-15(19)18-11-7-6-10-14(18)12-8-4-5-9-13(12)17/h4-5,8-9,14H,6-7,10-11,17H2,1-3H3/t14-/m1/s1. The molecule has 110 valence electrons. The number of hydrogen-bond acceptors (Lipinski definition) is 3. The number of para-hydroxylation sites is 1. The van der Waals surface area contributed by atoms with Gasteiger partial charge in [0.25, 0.3) is 0 Å². The molecule has 0 saturated carbocycles. The van der Waals surface area contributed by atoms with Gasteiger partial charge in [-0.05, 0) is 51.7 Å². The lowest BCUT2D eigenvalue weighted by atomic mass is 9.94. The van der Waals surface area contributed by atoms with E-state index < -0.39 is 5.60 Å². The summed E-state index contributed by atoms with van der Waals surface area (Å²) in [7, 11) is 0. The first-order valence-electron chi connectivity index (χ1n) is 7.22. The van der Waals surface area contributed by atoms with E-state index in [9.17, 15) is 4.79 Å². The number of benzene rings is 1. The zero-order chi connectivity index (χ0) is 14.8. The molecule has 2 rings (SSSR count). The fourth-order valence-electron chi connectivity index (χ4n) is 2.61. The third-order valence-electron chi connectivity index (χ3n) is 3.49. The second-order valence-corrected chi connectivity index (χ2v) is 6.31. The molecule has 0 radical (unpaired) electrons. The lowest BCUT2D eigenvalue weighted by Gasteiger charge is -2.37. The number of nitrogen functional groups attached to an aromatic ring is 1. The summed E-state index contributed by atoms with van der Waals surface area (Å²) in [4.78, 5) is 14.2. The average molecular weight is 276 g/mol. The van der Waals surface area contributed by atoms with Crippen molar-refractivity contribution in [2.24, 2.45) is 0 Å². The summed E-state index contributed by atoms with van der Waals surface area (Å²) < 4.78 is 5.51. The molecule has 1 amide bonds. The van der Waals surface area contributed by atoms with Gasteiger partial charge in [0, 0.05) is 12.2 Å². The second-order valence-electron chi connectivity index (χ2n) is 6.31. The Labute approximate surface area is 120 Å². The van der Waals surface area contributed by atoms with Crippen molar-refractivity contribution in [2.45, 2.75) is 51.7 Å². The summed E-state index contributed by atoms with van der Waals surface area (Å²) >= 11 is 0. The van der Waals surface area contributed by atoms with Gasteiger partial charge in [-0.3, -0.25) is 0 Å². The van der Waals surface area contributed by atoms with Crippen molar-refractivity contribution in [3.8, 4) is 0 Å². The van der Waals surface area contributed by atoms with Crippen LogP contribution in [0.4, 0.5) is 10.5 Å². The first-order valence-corrected chi connectivity index (χ1v) is 7.22. The molecule has 20 heavy (non-hydrogen) atoms. The lowest BCUT2D eigenvalue weighted by molar-refractivity contribution is 0.00961. The maximum Gasteiger partial charge on any atom is 0.410 e. The highest BCUT2D eigenvalue weighted by molar-refractivity contribution is 5.69. The van der Waals surface area contributed by atoms with Crippen LogP contribution in [0.15, 0.2) is 24.3 Å². The van der Waals surface area contributed by atoms with Gasteiger partial charge in [0.2, 0.25) is 0 Å². The molecular formula is C16H24N2O2. The number of nitrogens with zero attached hydrogens (tertiary/aromatic N) is 1. The minimum Gasteiger partial charge on any atom is -0.444 e. The molecule has 1 aromatic carbocycles. The van der Waals surface area contributed by atoms with Crippen LogP contribution in [0.1, 0.15) is 51.6 Å². The predicted octanol–water partition coefficient (Wildman–Crippen LogP) is 3.73. The number of hydrogen-bond donors (Lipinski definition) is 1. The van der Waals surface area contributed by atoms with E-state index >= 15 is 0 Å². The van der Waals surface area contributed by atoms with Crippen LogP contribution in [0.3, 0.4) is 0 Å². The van der Waals surface area contributed by atoms with Crippen molar-refractivity contribution in [3.63, 3.8) is 0 Å². The highest BCUT2D eigenvalue weighted by Gasteiger charge is 2.32. The summed E-state index contributed by atoms with van der Waals surface area (Å²) in [5, 5.41) is 0. The van der Waals surface area contributed by atoms with Gasteiger partial charge in [0.05, 0.1) is 6.04 Å². The van der Waals surface area contributed by atoms with Gasteiger partial charge < -0.3 is 15.4 Å². The number of carbonyl (C=O) groups excluding carboxylic acids is 1. The molecule has 4 heteroatoms. The maximum absolute atomic E-state index is 12.4. The Kier molecular flexibility index (Phi) is 4.21. The van der Waals surface area contributed by atoms with E-state index in [0.29, 0.717) is 0 Å². The molecule has 0 unspecified atom stereocenters. The minimum absolute atomic E-state index is 0.0276. The van der Waals surface area contributed by atoms with Crippen LogP contribution in [0, 0.1) is 0 Å². The van der Waals surface area contributed by atoms with Crippen molar-refractivity contribution < 1.29 is 9.53 Å². The van der Waals surface area contributed by atoms with Gasteiger partial charge in [-0.1, -0.05) is 18.2 Å². The Morgan fingerprint density at radius 2 is 2.00 bits per heavy atom. The molecule has 1 heterocycles. The van der Waals surface area contributed by atoms with Crippen LogP contribution in [-0.4, -0.2) is 23.1 Å². The number of carbonyl (C=O) groups is 1. The molecule has 1 aromatic rings. The number of nitrogens with two attached hydrogens (primary N) is 1. The van der Waals surface area contributed by atoms with E-state index in [1.165, 1.54) is 0 Å². The smallest absolute Gasteiger partial charge is 0.410 e. The topological polar surface area (TPSA) is 55.6 Å². The van der Waals surface area contributed by atoms with Gasteiger partial charge in [0.15, 0.2) is 0 Å². The van der Waals surface area contributed by atoms with E-state index in [0.717, 1.165) is 37.1 Å². The van der Waals surface area contributed by atoms with Crippen LogP contribution in [0.2, 0.25) is 0 Å². The van der Waals surface area contributed by atoms with Crippen LogP contribution >= 0.6 is 0 Å². The average Bonchev–Trinajstić information content (AvgIpc) is 2.37. The number of anilines is 1. The number of amides is 1. The highest BCUT2D eigenvalue weighted by atomic mass is 16.6. The van der Waals surface area contributed by atoms with E-state index in [1.54, 1.807) is 0 Å². The predicted molar refractivity (Wildman–Crippen MR) is 80.4 cm³/mol. The molecule has 1 aliphatic rings. The van der Waals surface area contributed by atoms with E-state index in [1.807, 2.05) is 49.9 Å². The summed E-state index contributed by atoms with van der Waals surface area (Å²) in [5.74, 6) is 0. The molecule has 0 bridgehead atoms. The molecule has 1 fully saturated rings. The van der Waals surface area contributed by atoms with Crippen molar-refractivity contribution in [2.75, 3.05) is 12.3 Å². The normalized spacial score (nSPS) is 19.8. The Bertz CT molecular complexity index is 480. The van der Waals surface area contributed by atoms with E-state index in [4.69, 9.17) is 10.5 Å². The van der Waals surface area contributed by atoms with Gasteiger partial charge in [0.1, 0.15) is 5.60 Å². The summed E-state index contributed by atoms with van der Waals surface area (Å²) in [6.07, 6.45) is 2.82. The molecule has 4 nitrogen and oxygen atoms in total. The second kappa shape index (κ2) is 5.73. The molecule has 1 atom stereocenters. The molecule has 2 N–H and O–H groups in total. The van der Waals surface area contributed by atoms with Crippen LogP contribution in [-0.2, 0) is 4.74 Å². The number of ether oxygens (including phenoxy) is 1. The Morgan fingerprint density at radius 1 is 1.30 bits per heavy atom. The van der Waals surface area contributed by atoms with Crippen LogP contribution in [0.5, 0.6) is 0 Å². The van der Waals surface area contributed by atoms with Gasteiger partial charge in [-0.2, -0.15) is 0 Å². The summed E-state index contributed by atoms with van der Waals surface area (Å²) in [6.45, 7) is 6.40. The van der Waals surface area contributed by atoms with Crippen LogP contribution in [0.25, 0.3) is 0 Å². The molecular weight excluding hydrogens is 252 g/mol. The summed E-state index contributed by atoms with van der Waals surface area (Å²) in [5.41, 5.74) is 7.36. The minimum atomic E-state index is -0.471. The fourth-order valence-corrected chi connectivity index (χ4v) is 2.61. The van der Waals surface area contributed by atoms with Crippen molar-refractivity contribution in [1.82, 2.24) is 4.90 Å². The van der Waals surface area contributed by atoms with Crippen LogP contribution < -0.4 is 5.73 Å². The number of likely N-dealkylation sites (tertiary alicyclic amines) is 1. The quantitative estimate of drug-likeness (QED) is 0.795. The monoisotopic (exact) mass is 276 g/mol. The lowest BCUT2D eigenvalue weighted by Crippen LogP contribution is -2.42. The number of rotatable bonds is 1. The van der Waals surface area contributed by atoms with Gasteiger partial charge in [-0.15, -0.1) is 0 Å². The first-order chi connectivity index (χ1) is 9.38. The molecule has 1 aliphatic heterocycles. The summed E-state index contributed by atoms with van der Waals surface area (Å²) in [6, 6.07) is 7.80. The SMILES string of the molecule is CC(C)(C)OC(=O)N1CCCC[C@@H]1c1ccccc1N. The molecule has 0 aliphatic carbocycles. The van der Waals surface area contributed by atoms with E-state index in [-0.39, 0.29) is 12.1 Å². The zero-order valence-electron chi connectivity index (χ0n) is 12.6. The zero-order valence-corrected chi connectivity index (χ0v) is 12.6. The first kappa shape index (κ1) is 14.7. The molecule has 0 aromatic heterocycles. The Morgan fingerprint density at radius 3 is 2.65 bits per heavy atom.